The lowest BCUT2D eigenvalue weighted by molar-refractivity contribution is -0.145. The van der Waals surface area contributed by atoms with Crippen LogP contribution in [0.3, 0.4) is 0 Å². The molecule has 2 aliphatic carbocycles. The Morgan fingerprint density at radius 1 is 1.09 bits per heavy atom. The molecule has 0 aromatic heterocycles. The number of carboxylic acid groups (broad SMARTS) is 1. The van der Waals surface area contributed by atoms with Gasteiger partial charge >= 0.3 is 12.1 Å². The normalized spacial score (nSPS) is 15.1. The second kappa shape index (κ2) is 9.15. The molecule has 1 fully saturated rings. The van der Waals surface area contributed by atoms with Gasteiger partial charge in [0.15, 0.2) is 0 Å². The lowest BCUT2D eigenvalue weighted by Gasteiger charge is -2.25. The maximum absolute atomic E-state index is 12.9. The summed E-state index contributed by atoms with van der Waals surface area (Å²) in [5.74, 6) is 0.505. The van der Waals surface area contributed by atoms with Crippen LogP contribution in [-0.2, 0) is 14.3 Å². The van der Waals surface area contributed by atoms with Gasteiger partial charge in [0.25, 0.3) is 0 Å². The van der Waals surface area contributed by atoms with Crippen LogP contribution in [0.5, 0.6) is 0 Å². The molecule has 0 spiro atoms. The number of carbonyl (C=O) groups excluding carboxylic acids is 2. The number of hydrogen-bond acceptors (Lipinski definition) is 4. The Morgan fingerprint density at radius 3 is 2.22 bits per heavy atom. The van der Waals surface area contributed by atoms with E-state index in [4.69, 9.17) is 16.3 Å². The number of hydrogen-bond donors (Lipinski definition) is 2. The van der Waals surface area contributed by atoms with Crippen LogP contribution in [0, 0.1) is 18.3 Å². The Morgan fingerprint density at radius 2 is 1.69 bits per heavy atom. The Labute approximate surface area is 186 Å². The standard InChI is InChI=1S/C25H24N2O5/c1-2-13-27(14-22(28)29)24(30)23(16-11-12-16)26-25(31)32-15-21-19-9-5-3-7-17(19)18-8-4-6-10-20(18)21/h1,3-10,16,21,23H,11-15H2,(H,26,31)(H,28,29). The van der Waals surface area contributed by atoms with E-state index in [1.54, 1.807) is 0 Å². The van der Waals surface area contributed by atoms with Gasteiger partial charge in [0.05, 0.1) is 6.54 Å². The molecule has 7 heteroatoms. The number of fused-ring (bicyclic) bond motifs is 3. The van der Waals surface area contributed by atoms with E-state index >= 15 is 0 Å². The van der Waals surface area contributed by atoms with Gasteiger partial charge in [-0.05, 0) is 41.0 Å². The molecule has 2 aromatic rings. The second-order valence-electron chi connectivity index (χ2n) is 8.08. The summed E-state index contributed by atoms with van der Waals surface area (Å²) in [6, 6.07) is 15.2. The van der Waals surface area contributed by atoms with Gasteiger partial charge < -0.3 is 20.1 Å². The van der Waals surface area contributed by atoms with E-state index in [2.05, 4.69) is 23.4 Å². The largest absolute Gasteiger partial charge is 0.480 e. The fourth-order valence-corrected chi connectivity index (χ4v) is 4.26. The lowest BCUT2D eigenvalue weighted by atomic mass is 9.98. The Balaban J connectivity index is 1.43. The van der Waals surface area contributed by atoms with Crippen molar-refractivity contribution in [3.8, 4) is 23.5 Å². The van der Waals surface area contributed by atoms with E-state index in [1.165, 1.54) is 0 Å². The smallest absolute Gasteiger partial charge is 0.407 e. The summed E-state index contributed by atoms with van der Waals surface area (Å²) in [6.07, 6.45) is 6.13. The minimum absolute atomic E-state index is 0.0444. The molecule has 2 aromatic carbocycles. The molecular formula is C25H24N2O5. The highest BCUT2D eigenvalue weighted by Gasteiger charge is 2.40. The first-order valence-electron chi connectivity index (χ1n) is 10.5. The van der Waals surface area contributed by atoms with Crippen molar-refractivity contribution in [1.29, 1.82) is 0 Å². The van der Waals surface area contributed by atoms with Crippen LogP contribution >= 0.6 is 0 Å². The predicted molar refractivity (Wildman–Crippen MR) is 118 cm³/mol. The highest BCUT2D eigenvalue weighted by Crippen LogP contribution is 2.44. The van der Waals surface area contributed by atoms with Gasteiger partial charge in [-0.25, -0.2) is 4.79 Å². The first kappa shape index (κ1) is 21.4. The first-order chi connectivity index (χ1) is 15.5. The molecule has 1 unspecified atom stereocenters. The monoisotopic (exact) mass is 432 g/mol. The number of alkyl carbamates (subject to hydrolysis) is 1. The van der Waals surface area contributed by atoms with E-state index < -0.39 is 30.6 Å². The van der Waals surface area contributed by atoms with Crippen molar-refractivity contribution in [3.05, 3.63) is 59.7 Å². The molecule has 7 nitrogen and oxygen atoms in total. The zero-order chi connectivity index (χ0) is 22.7. The third-order valence-corrected chi connectivity index (χ3v) is 5.90. The van der Waals surface area contributed by atoms with E-state index in [0.29, 0.717) is 0 Å². The maximum Gasteiger partial charge on any atom is 0.407 e. The number of nitrogens with zero attached hydrogens (tertiary/aromatic N) is 1. The van der Waals surface area contributed by atoms with Crippen LogP contribution in [0.1, 0.15) is 29.9 Å². The molecule has 0 aliphatic heterocycles. The second-order valence-corrected chi connectivity index (χ2v) is 8.08. The quantitative estimate of drug-likeness (QED) is 0.626. The third kappa shape index (κ3) is 4.45. The fraction of sp³-hybridized carbons (Fsp3) is 0.320. The summed E-state index contributed by atoms with van der Waals surface area (Å²) in [5, 5.41) is 11.7. The van der Waals surface area contributed by atoms with Crippen LogP contribution in [0.2, 0.25) is 0 Å². The van der Waals surface area contributed by atoms with Crippen molar-refractivity contribution in [2.75, 3.05) is 19.7 Å². The molecule has 164 valence electrons. The summed E-state index contributed by atoms with van der Waals surface area (Å²) in [4.78, 5) is 37.6. The molecule has 0 saturated heterocycles. The molecule has 0 bridgehead atoms. The number of carbonyl (C=O) groups is 3. The summed E-state index contributed by atoms with van der Waals surface area (Å²) >= 11 is 0. The maximum atomic E-state index is 12.9. The summed E-state index contributed by atoms with van der Waals surface area (Å²) in [6.45, 7) is -0.520. The summed E-state index contributed by atoms with van der Waals surface area (Å²) in [7, 11) is 0. The van der Waals surface area contributed by atoms with Crippen LogP contribution in [0.4, 0.5) is 4.79 Å². The molecule has 1 atom stereocenters. The fourth-order valence-electron chi connectivity index (χ4n) is 4.26. The molecule has 2 N–H and O–H groups in total. The van der Waals surface area contributed by atoms with Crippen molar-refractivity contribution in [3.63, 3.8) is 0 Å². The molecule has 2 amide bonds. The van der Waals surface area contributed by atoms with E-state index in [0.717, 1.165) is 40.0 Å². The number of amides is 2. The third-order valence-electron chi connectivity index (χ3n) is 5.90. The van der Waals surface area contributed by atoms with Gasteiger partial charge in [-0.15, -0.1) is 6.42 Å². The number of carboxylic acids is 1. The number of ether oxygens (including phenoxy) is 1. The number of nitrogens with one attached hydrogen (secondary N) is 1. The predicted octanol–water partition coefficient (Wildman–Crippen LogP) is 2.85. The van der Waals surface area contributed by atoms with E-state index in [-0.39, 0.29) is 25.0 Å². The first-order valence-corrected chi connectivity index (χ1v) is 10.5. The number of rotatable bonds is 8. The minimum atomic E-state index is -1.16. The average Bonchev–Trinajstić information content (AvgIpc) is 3.58. The van der Waals surface area contributed by atoms with Crippen LogP contribution in [0.25, 0.3) is 11.1 Å². The van der Waals surface area contributed by atoms with Gasteiger partial charge in [-0.1, -0.05) is 54.5 Å². The molecule has 0 radical (unpaired) electrons. The molecule has 1 saturated carbocycles. The van der Waals surface area contributed by atoms with E-state index in [9.17, 15) is 14.4 Å². The van der Waals surface area contributed by atoms with Crippen molar-refractivity contribution in [1.82, 2.24) is 10.2 Å². The molecule has 2 aliphatic rings. The van der Waals surface area contributed by atoms with Crippen molar-refractivity contribution in [2.24, 2.45) is 5.92 Å². The highest BCUT2D eigenvalue weighted by atomic mass is 16.5. The van der Waals surface area contributed by atoms with Gasteiger partial charge in [0.2, 0.25) is 5.91 Å². The van der Waals surface area contributed by atoms with Gasteiger partial charge in [0, 0.05) is 5.92 Å². The average molecular weight is 432 g/mol. The SMILES string of the molecule is C#CCN(CC(=O)O)C(=O)C(NC(=O)OCC1c2ccccc2-c2ccccc21)C1CC1. The Kier molecular flexibility index (Phi) is 6.13. The minimum Gasteiger partial charge on any atom is -0.480 e. The van der Waals surface area contributed by atoms with E-state index in [1.807, 2.05) is 36.4 Å². The number of terminal acetylenes is 1. The molecule has 32 heavy (non-hydrogen) atoms. The van der Waals surface area contributed by atoms with Crippen LogP contribution < -0.4 is 5.32 Å². The van der Waals surface area contributed by atoms with Crippen LogP contribution in [-0.4, -0.2) is 53.7 Å². The number of benzene rings is 2. The number of aliphatic carboxylic acids is 1. The molecule has 4 rings (SSSR count). The van der Waals surface area contributed by atoms with Crippen molar-refractivity contribution in [2.45, 2.75) is 24.8 Å². The van der Waals surface area contributed by atoms with Gasteiger partial charge in [-0.2, -0.15) is 0 Å². The Hall–Kier alpha value is -3.79. The van der Waals surface area contributed by atoms with Crippen LogP contribution in [0.15, 0.2) is 48.5 Å². The van der Waals surface area contributed by atoms with Crippen molar-refractivity contribution >= 4 is 18.0 Å². The van der Waals surface area contributed by atoms with Gasteiger partial charge in [0.1, 0.15) is 19.2 Å². The Bertz CT molecular complexity index is 1040. The molecular weight excluding hydrogens is 408 g/mol. The zero-order valence-corrected chi connectivity index (χ0v) is 17.5. The zero-order valence-electron chi connectivity index (χ0n) is 17.5. The van der Waals surface area contributed by atoms with Crippen molar-refractivity contribution < 1.29 is 24.2 Å². The van der Waals surface area contributed by atoms with Gasteiger partial charge in [-0.3, -0.25) is 9.59 Å². The summed E-state index contributed by atoms with van der Waals surface area (Å²) in [5.41, 5.74) is 4.44. The molecule has 0 heterocycles. The summed E-state index contributed by atoms with van der Waals surface area (Å²) < 4.78 is 5.54. The topological polar surface area (TPSA) is 95.9 Å². The lowest BCUT2D eigenvalue weighted by Crippen LogP contribution is -2.51. The highest BCUT2D eigenvalue weighted by molar-refractivity contribution is 5.89.